The van der Waals surface area contributed by atoms with E-state index in [4.69, 9.17) is 0 Å². The number of carbonyl (C=O) groups excluding carboxylic acids is 1. The van der Waals surface area contributed by atoms with Crippen molar-refractivity contribution in [1.29, 1.82) is 0 Å². The zero-order valence-corrected chi connectivity index (χ0v) is 10.4. The summed E-state index contributed by atoms with van der Waals surface area (Å²) in [5, 5.41) is 0. The third kappa shape index (κ3) is 2.92. The van der Waals surface area contributed by atoms with Crippen LogP contribution in [0.15, 0.2) is 29.2 Å². The van der Waals surface area contributed by atoms with Gasteiger partial charge in [-0.15, -0.1) is 0 Å². The molecule has 0 atom stereocenters. The molecule has 3 nitrogen and oxygen atoms in total. The fourth-order valence-corrected chi connectivity index (χ4v) is 2.33. The molecule has 0 unspecified atom stereocenters. The van der Waals surface area contributed by atoms with Gasteiger partial charge in [-0.05, 0) is 18.6 Å². The lowest BCUT2D eigenvalue weighted by Gasteiger charge is -2.04. The topological polar surface area (TPSA) is 51.2 Å². The van der Waals surface area contributed by atoms with Crippen molar-refractivity contribution in [1.82, 2.24) is 0 Å². The Hall–Kier alpha value is -1.16. The first-order valence-electron chi connectivity index (χ1n) is 5.37. The van der Waals surface area contributed by atoms with Crippen LogP contribution in [0.1, 0.15) is 37.0 Å². The van der Waals surface area contributed by atoms with Crippen LogP contribution >= 0.6 is 0 Å². The molecule has 0 radical (unpaired) electrons. The van der Waals surface area contributed by atoms with Gasteiger partial charge in [0.15, 0.2) is 15.6 Å². The van der Waals surface area contributed by atoms with Gasteiger partial charge in [0.1, 0.15) is 0 Å². The van der Waals surface area contributed by atoms with E-state index in [0.717, 1.165) is 6.42 Å². The van der Waals surface area contributed by atoms with Gasteiger partial charge in [0, 0.05) is 12.0 Å². The van der Waals surface area contributed by atoms with Crippen molar-refractivity contribution in [3.63, 3.8) is 0 Å². The maximum absolute atomic E-state index is 11.6. The molecule has 0 saturated carbocycles. The lowest BCUT2D eigenvalue weighted by atomic mass is 10.1. The summed E-state index contributed by atoms with van der Waals surface area (Å²) in [6, 6.07) is 6.27. The zero-order valence-electron chi connectivity index (χ0n) is 9.56. The summed E-state index contributed by atoms with van der Waals surface area (Å²) in [5.74, 6) is 0.0500. The summed E-state index contributed by atoms with van der Waals surface area (Å²) >= 11 is 0. The standard InChI is InChI=1S/C12H16O3S/c1-3-6-12(13)10-7-5-8-11(9-10)16(14,15)4-2/h5,7-9H,3-4,6H2,1-2H3. The Balaban J connectivity index is 3.10. The van der Waals surface area contributed by atoms with E-state index in [-0.39, 0.29) is 16.4 Å². The molecule has 0 bridgehead atoms. The Morgan fingerprint density at radius 3 is 2.50 bits per heavy atom. The quantitative estimate of drug-likeness (QED) is 0.743. The number of carbonyl (C=O) groups is 1. The number of Topliss-reactive ketones (excluding diaryl/α,β-unsaturated/α-hetero) is 1. The maximum Gasteiger partial charge on any atom is 0.178 e. The Morgan fingerprint density at radius 2 is 1.94 bits per heavy atom. The molecule has 4 heteroatoms. The van der Waals surface area contributed by atoms with Gasteiger partial charge in [-0.25, -0.2) is 8.42 Å². The third-order valence-corrected chi connectivity index (χ3v) is 4.10. The number of hydrogen-bond donors (Lipinski definition) is 0. The first kappa shape index (κ1) is 12.9. The van der Waals surface area contributed by atoms with Crippen LogP contribution in [0, 0.1) is 0 Å². The highest BCUT2D eigenvalue weighted by Crippen LogP contribution is 2.14. The van der Waals surface area contributed by atoms with Crippen LogP contribution in [0.25, 0.3) is 0 Å². The molecule has 0 aliphatic rings. The van der Waals surface area contributed by atoms with Gasteiger partial charge in [-0.2, -0.15) is 0 Å². The summed E-state index contributed by atoms with van der Waals surface area (Å²) in [7, 11) is -3.22. The van der Waals surface area contributed by atoms with E-state index in [9.17, 15) is 13.2 Å². The van der Waals surface area contributed by atoms with Gasteiger partial charge < -0.3 is 0 Å². The third-order valence-electron chi connectivity index (χ3n) is 2.37. The van der Waals surface area contributed by atoms with Crippen molar-refractivity contribution in [3.05, 3.63) is 29.8 Å². The SMILES string of the molecule is CCCC(=O)c1cccc(S(=O)(=O)CC)c1. The van der Waals surface area contributed by atoms with Gasteiger partial charge >= 0.3 is 0 Å². The predicted octanol–water partition coefficient (Wildman–Crippen LogP) is 2.46. The van der Waals surface area contributed by atoms with Crippen molar-refractivity contribution in [3.8, 4) is 0 Å². The molecule has 0 aliphatic heterocycles. The monoisotopic (exact) mass is 240 g/mol. The van der Waals surface area contributed by atoms with Crippen LogP contribution in [0.5, 0.6) is 0 Å². The molecular weight excluding hydrogens is 224 g/mol. The highest BCUT2D eigenvalue weighted by molar-refractivity contribution is 7.91. The fraction of sp³-hybridized carbons (Fsp3) is 0.417. The summed E-state index contributed by atoms with van der Waals surface area (Å²) in [6.07, 6.45) is 1.22. The van der Waals surface area contributed by atoms with Crippen molar-refractivity contribution in [2.24, 2.45) is 0 Å². The largest absolute Gasteiger partial charge is 0.294 e. The minimum absolute atomic E-state index is 0.00402. The van der Waals surface area contributed by atoms with E-state index in [0.29, 0.717) is 12.0 Å². The summed E-state index contributed by atoms with van der Waals surface area (Å²) in [5.41, 5.74) is 0.483. The van der Waals surface area contributed by atoms with Crippen LogP contribution in [0.3, 0.4) is 0 Å². The molecule has 0 spiro atoms. The van der Waals surface area contributed by atoms with E-state index in [1.165, 1.54) is 12.1 Å². The van der Waals surface area contributed by atoms with Crippen molar-refractivity contribution in [2.45, 2.75) is 31.6 Å². The average molecular weight is 240 g/mol. The molecule has 1 rings (SSSR count). The lowest BCUT2D eigenvalue weighted by molar-refractivity contribution is 0.0981. The van der Waals surface area contributed by atoms with E-state index in [1.807, 2.05) is 6.92 Å². The Kier molecular flexibility index (Phi) is 4.24. The fourth-order valence-electron chi connectivity index (χ4n) is 1.40. The number of sulfone groups is 1. The van der Waals surface area contributed by atoms with Crippen LogP contribution in [0.2, 0.25) is 0 Å². The average Bonchev–Trinajstić information content (AvgIpc) is 2.29. The maximum atomic E-state index is 11.6. The molecule has 16 heavy (non-hydrogen) atoms. The van der Waals surface area contributed by atoms with E-state index < -0.39 is 9.84 Å². The number of hydrogen-bond acceptors (Lipinski definition) is 3. The van der Waals surface area contributed by atoms with Crippen LogP contribution in [-0.4, -0.2) is 20.0 Å². The first-order valence-corrected chi connectivity index (χ1v) is 7.02. The van der Waals surface area contributed by atoms with E-state index >= 15 is 0 Å². The summed E-state index contributed by atoms with van der Waals surface area (Å²) < 4.78 is 23.2. The smallest absolute Gasteiger partial charge is 0.178 e. The molecular formula is C12H16O3S. The second-order valence-electron chi connectivity index (χ2n) is 3.60. The molecule has 0 aliphatic carbocycles. The Bertz CT molecular complexity index is 475. The molecule has 0 aromatic heterocycles. The molecule has 1 aromatic carbocycles. The predicted molar refractivity (Wildman–Crippen MR) is 63.4 cm³/mol. The van der Waals surface area contributed by atoms with E-state index in [1.54, 1.807) is 19.1 Å². The first-order chi connectivity index (χ1) is 7.51. The number of rotatable bonds is 5. The lowest BCUT2D eigenvalue weighted by Crippen LogP contribution is -2.06. The van der Waals surface area contributed by atoms with Crippen molar-refractivity contribution >= 4 is 15.6 Å². The van der Waals surface area contributed by atoms with Gasteiger partial charge in [-0.3, -0.25) is 4.79 Å². The van der Waals surface area contributed by atoms with Gasteiger partial charge in [-0.1, -0.05) is 26.0 Å². The van der Waals surface area contributed by atoms with Crippen molar-refractivity contribution < 1.29 is 13.2 Å². The normalized spacial score (nSPS) is 11.4. The van der Waals surface area contributed by atoms with Gasteiger partial charge in [0.2, 0.25) is 0 Å². The number of ketones is 1. The Morgan fingerprint density at radius 1 is 1.25 bits per heavy atom. The molecule has 0 amide bonds. The van der Waals surface area contributed by atoms with Crippen LogP contribution < -0.4 is 0 Å². The number of benzene rings is 1. The second-order valence-corrected chi connectivity index (χ2v) is 5.88. The highest BCUT2D eigenvalue weighted by atomic mass is 32.2. The molecule has 0 N–H and O–H groups in total. The Labute approximate surface area is 96.4 Å². The van der Waals surface area contributed by atoms with E-state index in [2.05, 4.69) is 0 Å². The second kappa shape index (κ2) is 5.25. The molecule has 0 heterocycles. The minimum Gasteiger partial charge on any atom is -0.294 e. The van der Waals surface area contributed by atoms with Gasteiger partial charge in [0.05, 0.1) is 10.6 Å². The molecule has 0 fully saturated rings. The minimum atomic E-state index is -3.22. The summed E-state index contributed by atoms with van der Waals surface area (Å²) in [6.45, 7) is 3.51. The molecule has 1 aromatic rings. The summed E-state index contributed by atoms with van der Waals surface area (Å²) in [4.78, 5) is 11.9. The van der Waals surface area contributed by atoms with Crippen LogP contribution in [-0.2, 0) is 9.84 Å². The van der Waals surface area contributed by atoms with Crippen LogP contribution in [0.4, 0.5) is 0 Å². The van der Waals surface area contributed by atoms with Crippen molar-refractivity contribution in [2.75, 3.05) is 5.75 Å². The van der Waals surface area contributed by atoms with Gasteiger partial charge in [0.25, 0.3) is 0 Å². The zero-order chi connectivity index (χ0) is 12.2. The molecule has 0 saturated heterocycles. The molecule has 88 valence electrons. The highest BCUT2D eigenvalue weighted by Gasteiger charge is 2.13.